The Bertz CT molecular complexity index is 1610. The van der Waals surface area contributed by atoms with Crippen LogP contribution in [0.4, 0.5) is 0 Å². The summed E-state index contributed by atoms with van der Waals surface area (Å²) >= 11 is 1.49. The second-order valence-electron chi connectivity index (χ2n) is 10.2. The predicted octanol–water partition coefficient (Wildman–Crippen LogP) is 6.31. The molecule has 3 aromatic carbocycles. The lowest BCUT2D eigenvalue weighted by molar-refractivity contribution is 0.0945. The van der Waals surface area contributed by atoms with Crippen LogP contribution in [0, 0.1) is 0 Å². The van der Waals surface area contributed by atoms with Gasteiger partial charge in [0.1, 0.15) is 23.1 Å². The van der Waals surface area contributed by atoms with E-state index in [1.165, 1.54) is 11.3 Å². The number of nitrogens with one attached hydrogen (secondary N) is 1. The SMILES string of the molecule is COc1ccc(CCN(Cc2ccc(OCc3ccccc3)cc2)Cc2nc(C(=O)NCc3ccccn3)cs2)cc1OC. The van der Waals surface area contributed by atoms with Gasteiger partial charge in [0.2, 0.25) is 0 Å². The Morgan fingerprint density at radius 1 is 0.841 bits per heavy atom. The van der Waals surface area contributed by atoms with Crippen molar-refractivity contribution in [1.29, 1.82) is 0 Å². The van der Waals surface area contributed by atoms with Gasteiger partial charge in [0.15, 0.2) is 11.5 Å². The van der Waals surface area contributed by atoms with Gasteiger partial charge in [0.25, 0.3) is 5.91 Å². The molecule has 9 heteroatoms. The van der Waals surface area contributed by atoms with Crippen LogP contribution in [0.15, 0.2) is 103 Å². The molecule has 2 aromatic heterocycles. The molecular formula is C35H36N4O4S. The van der Waals surface area contributed by atoms with Crippen molar-refractivity contribution >= 4 is 17.2 Å². The summed E-state index contributed by atoms with van der Waals surface area (Å²) in [5, 5.41) is 5.60. The largest absolute Gasteiger partial charge is 0.493 e. The second-order valence-corrected chi connectivity index (χ2v) is 11.1. The summed E-state index contributed by atoms with van der Waals surface area (Å²) in [6, 6.07) is 30.0. The summed E-state index contributed by atoms with van der Waals surface area (Å²) in [5.74, 6) is 2.04. The highest BCUT2D eigenvalue weighted by Crippen LogP contribution is 2.28. The van der Waals surface area contributed by atoms with E-state index in [-0.39, 0.29) is 5.91 Å². The van der Waals surface area contributed by atoms with Crippen molar-refractivity contribution in [2.45, 2.75) is 32.7 Å². The van der Waals surface area contributed by atoms with Crippen molar-refractivity contribution in [1.82, 2.24) is 20.2 Å². The number of benzene rings is 3. The first-order chi connectivity index (χ1) is 21.6. The molecule has 0 bridgehead atoms. The topological polar surface area (TPSA) is 85.8 Å². The van der Waals surface area contributed by atoms with E-state index in [1.54, 1.807) is 20.4 Å². The molecule has 0 fully saturated rings. The minimum Gasteiger partial charge on any atom is -0.493 e. The lowest BCUT2D eigenvalue weighted by atomic mass is 10.1. The molecule has 5 rings (SSSR count). The number of nitrogens with zero attached hydrogens (tertiary/aromatic N) is 3. The van der Waals surface area contributed by atoms with Gasteiger partial charge in [0.05, 0.1) is 33.0 Å². The molecule has 0 radical (unpaired) electrons. The van der Waals surface area contributed by atoms with Crippen LogP contribution >= 0.6 is 11.3 Å². The van der Waals surface area contributed by atoms with Gasteiger partial charge in [-0.25, -0.2) is 4.98 Å². The quantitative estimate of drug-likeness (QED) is 0.149. The van der Waals surface area contributed by atoms with Crippen molar-refractivity contribution in [3.8, 4) is 17.2 Å². The number of hydrogen-bond acceptors (Lipinski definition) is 8. The molecule has 0 aliphatic rings. The standard InChI is InChI=1S/C35H36N4O4S/c1-41-32-16-13-26(20-33(32)42-2)17-19-39(22-27-11-14-30(15-12-27)43-24-28-8-4-3-5-9-28)23-34-38-31(25-44-34)35(40)37-21-29-10-6-7-18-36-29/h3-16,18,20,25H,17,19,21-24H2,1-2H3,(H,37,40). The first kappa shape index (κ1) is 30.7. The smallest absolute Gasteiger partial charge is 0.271 e. The molecule has 0 saturated carbocycles. The van der Waals surface area contributed by atoms with Gasteiger partial charge in [-0.3, -0.25) is 14.7 Å². The second kappa shape index (κ2) is 15.7. The number of carbonyl (C=O) groups is 1. The van der Waals surface area contributed by atoms with Crippen LogP contribution in [0.3, 0.4) is 0 Å². The van der Waals surface area contributed by atoms with Gasteiger partial charge in [0, 0.05) is 24.7 Å². The first-order valence-corrected chi connectivity index (χ1v) is 15.3. The fourth-order valence-corrected chi connectivity index (χ4v) is 5.49. The highest BCUT2D eigenvalue weighted by molar-refractivity contribution is 7.09. The van der Waals surface area contributed by atoms with Crippen molar-refractivity contribution in [2.24, 2.45) is 0 Å². The summed E-state index contributed by atoms with van der Waals surface area (Å²) in [6.45, 7) is 2.99. The Labute approximate surface area is 262 Å². The molecule has 5 aromatic rings. The Kier molecular flexibility index (Phi) is 10.9. The summed E-state index contributed by atoms with van der Waals surface area (Å²) in [7, 11) is 3.28. The molecule has 0 unspecified atom stereocenters. The number of hydrogen-bond donors (Lipinski definition) is 1. The van der Waals surface area contributed by atoms with E-state index in [2.05, 4.69) is 50.5 Å². The van der Waals surface area contributed by atoms with Crippen LogP contribution in [-0.2, 0) is 32.7 Å². The van der Waals surface area contributed by atoms with E-state index in [9.17, 15) is 4.79 Å². The zero-order valence-electron chi connectivity index (χ0n) is 24.9. The number of thiazole rings is 1. The molecule has 44 heavy (non-hydrogen) atoms. The third-order valence-electron chi connectivity index (χ3n) is 7.04. The van der Waals surface area contributed by atoms with Crippen molar-refractivity contribution < 1.29 is 19.0 Å². The van der Waals surface area contributed by atoms with E-state index in [0.29, 0.717) is 43.4 Å². The molecule has 0 aliphatic heterocycles. The summed E-state index contributed by atoms with van der Waals surface area (Å²) in [6.07, 6.45) is 2.52. The predicted molar refractivity (Wildman–Crippen MR) is 172 cm³/mol. The van der Waals surface area contributed by atoms with Crippen LogP contribution < -0.4 is 19.5 Å². The Hall–Kier alpha value is -4.73. The molecule has 0 spiro atoms. The first-order valence-electron chi connectivity index (χ1n) is 14.4. The van der Waals surface area contributed by atoms with Gasteiger partial charge in [-0.1, -0.05) is 54.6 Å². The number of pyridine rings is 1. The monoisotopic (exact) mass is 608 g/mol. The Balaban J connectivity index is 1.24. The van der Waals surface area contributed by atoms with Gasteiger partial charge in [-0.2, -0.15) is 0 Å². The Morgan fingerprint density at radius 3 is 2.36 bits per heavy atom. The maximum Gasteiger partial charge on any atom is 0.271 e. The third kappa shape index (κ3) is 8.89. The van der Waals surface area contributed by atoms with E-state index in [0.717, 1.165) is 46.1 Å². The highest BCUT2D eigenvalue weighted by Gasteiger charge is 2.15. The molecule has 1 amide bonds. The number of rotatable bonds is 15. The Morgan fingerprint density at radius 2 is 1.61 bits per heavy atom. The average molecular weight is 609 g/mol. The van der Waals surface area contributed by atoms with E-state index in [1.807, 2.05) is 66.0 Å². The maximum absolute atomic E-state index is 12.8. The molecule has 0 saturated heterocycles. The van der Waals surface area contributed by atoms with Gasteiger partial charge < -0.3 is 19.5 Å². The van der Waals surface area contributed by atoms with Gasteiger partial charge in [-0.05, 0) is 59.5 Å². The summed E-state index contributed by atoms with van der Waals surface area (Å²) < 4.78 is 16.9. The number of amides is 1. The van der Waals surface area contributed by atoms with Crippen molar-refractivity contribution in [3.05, 3.63) is 136 Å². The molecular weight excluding hydrogens is 572 g/mol. The van der Waals surface area contributed by atoms with Crippen LogP contribution in [0.5, 0.6) is 17.2 Å². The molecule has 0 atom stereocenters. The van der Waals surface area contributed by atoms with Crippen LogP contribution in [0.1, 0.15) is 37.9 Å². The minimum atomic E-state index is -0.207. The molecule has 226 valence electrons. The maximum atomic E-state index is 12.8. The zero-order chi connectivity index (χ0) is 30.6. The number of methoxy groups -OCH3 is 2. The number of aromatic nitrogens is 2. The lowest BCUT2D eigenvalue weighted by Gasteiger charge is -2.22. The summed E-state index contributed by atoms with van der Waals surface area (Å²) in [4.78, 5) is 24.0. The lowest BCUT2D eigenvalue weighted by Crippen LogP contribution is -2.26. The molecule has 2 heterocycles. The highest BCUT2D eigenvalue weighted by atomic mass is 32.1. The molecule has 8 nitrogen and oxygen atoms in total. The third-order valence-corrected chi connectivity index (χ3v) is 7.88. The van der Waals surface area contributed by atoms with Crippen LogP contribution in [-0.4, -0.2) is 41.5 Å². The molecule has 1 N–H and O–H groups in total. The van der Waals surface area contributed by atoms with Gasteiger partial charge in [-0.15, -0.1) is 11.3 Å². The number of ether oxygens (including phenoxy) is 3. The molecule has 0 aliphatic carbocycles. The van der Waals surface area contributed by atoms with Crippen molar-refractivity contribution in [2.75, 3.05) is 20.8 Å². The fourth-order valence-electron chi connectivity index (χ4n) is 4.67. The van der Waals surface area contributed by atoms with Crippen LogP contribution in [0.25, 0.3) is 0 Å². The van der Waals surface area contributed by atoms with Gasteiger partial charge >= 0.3 is 0 Å². The summed E-state index contributed by atoms with van der Waals surface area (Å²) in [5.41, 5.74) is 4.65. The normalized spacial score (nSPS) is 10.9. The van der Waals surface area contributed by atoms with Crippen molar-refractivity contribution in [3.63, 3.8) is 0 Å². The number of carbonyl (C=O) groups excluding carboxylic acids is 1. The van der Waals surface area contributed by atoms with E-state index in [4.69, 9.17) is 14.2 Å². The average Bonchev–Trinajstić information content (AvgIpc) is 3.55. The fraction of sp³-hybridized carbons (Fsp3) is 0.229. The van der Waals surface area contributed by atoms with E-state index >= 15 is 0 Å². The minimum absolute atomic E-state index is 0.207. The zero-order valence-corrected chi connectivity index (χ0v) is 25.8. The van der Waals surface area contributed by atoms with Crippen LogP contribution in [0.2, 0.25) is 0 Å². The van der Waals surface area contributed by atoms with E-state index < -0.39 is 0 Å².